The molecule has 0 aliphatic heterocycles. The van der Waals surface area contributed by atoms with E-state index in [9.17, 15) is 4.79 Å². The second-order valence-electron chi connectivity index (χ2n) is 4.04. The fraction of sp³-hybridized carbons (Fsp3) is 0.462. The maximum Gasteiger partial charge on any atom is 0.224 e. The number of nitrogens with two attached hydrogens (primary N) is 1. The second kappa shape index (κ2) is 7.68. The predicted molar refractivity (Wildman–Crippen MR) is 70.2 cm³/mol. The minimum absolute atomic E-state index is 0.0436. The first-order chi connectivity index (χ1) is 8.65. The number of rotatable bonds is 7. The Labute approximate surface area is 107 Å². The van der Waals surface area contributed by atoms with Crippen LogP contribution in [0.3, 0.4) is 0 Å². The predicted octanol–water partition coefficient (Wildman–Crippen LogP) is 0.589. The van der Waals surface area contributed by atoms with Crippen LogP contribution in [0.2, 0.25) is 0 Å². The van der Waals surface area contributed by atoms with E-state index in [-0.39, 0.29) is 12.0 Å². The lowest BCUT2D eigenvalue weighted by molar-refractivity contribution is -0.121. The summed E-state index contributed by atoms with van der Waals surface area (Å²) in [5.41, 5.74) is 7.20. The third-order valence-electron chi connectivity index (χ3n) is 2.56. The highest BCUT2D eigenvalue weighted by Crippen LogP contribution is 2.05. The van der Waals surface area contributed by atoms with Gasteiger partial charge in [-0.3, -0.25) is 4.79 Å². The summed E-state index contributed by atoms with van der Waals surface area (Å²) in [5, 5.41) is 2.81. The normalized spacial score (nSPS) is 12.1. The van der Waals surface area contributed by atoms with Crippen LogP contribution in [0.25, 0.3) is 0 Å². The van der Waals surface area contributed by atoms with Crippen molar-refractivity contribution in [2.75, 3.05) is 33.1 Å². The molecule has 1 rings (SSSR count). The molecule has 0 saturated heterocycles. The summed E-state index contributed by atoms with van der Waals surface area (Å²) in [7, 11) is 3.19. The smallest absolute Gasteiger partial charge is 0.224 e. The van der Waals surface area contributed by atoms with E-state index in [0.717, 1.165) is 5.56 Å². The highest BCUT2D eigenvalue weighted by Gasteiger charge is 2.09. The zero-order valence-electron chi connectivity index (χ0n) is 10.8. The molecule has 0 aliphatic rings. The van der Waals surface area contributed by atoms with Gasteiger partial charge in [0.15, 0.2) is 0 Å². The fourth-order valence-electron chi connectivity index (χ4n) is 1.51. The van der Waals surface area contributed by atoms with Gasteiger partial charge < -0.3 is 20.5 Å². The number of methoxy groups -OCH3 is 2. The van der Waals surface area contributed by atoms with Gasteiger partial charge >= 0.3 is 0 Å². The van der Waals surface area contributed by atoms with E-state index in [0.29, 0.717) is 25.3 Å². The van der Waals surface area contributed by atoms with Crippen LogP contribution in [0, 0.1) is 0 Å². The third kappa shape index (κ3) is 5.16. The molecule has 1 aromatic carbocycles. The van der Waals surface area contributed by atoms with Crippen molar-refractivity contribution in [1.29, 1.82) is 0 Å². The van der Waals surface area contributed by atoms with E-state index in [1.165, 1.54) is 0 Å². The molecule has 1 aromatic rings. The standard InChI is InChI=1S/C13H20N2O3/c1-17-9-12(18-2)8-15-13(16)7-10-3-5-11(14)6-4-10/h3-6,12H,7-9,14H2,1-2H3,(H,15,16). The number of amides is 1. The van der Waals surface area contributed by atoms with Gasteiger partial charge in [-0.2, -0.15) is 0 Å². The van der Waals surface area contributed by atoms with Crippen molar-refractivity contribution in [2.24, 2.45) is 0 Å². The molecule has 3 N–H and O–H groups in total. The van der Waals surface area contributed by atoms with E-state index >= 15 is 0 Å². The Kier molecular flexibility index (Phi) is 6.18. The number of carbonyl (C=O) groups excluding carboxylic acids is 1. The Hall–Kier alpha value is -1.59. The second-order valence-corrected chi connectivity index (χ2v) is 4.04. The maximum atomic E-state index is 11.7. The van der Waals surface area contributed by atoms with Gasteiger partial charge in [-0.25, -0.2) is 0 Å². The van der Waals surface area contributed by atoms with E-state index in [1.807, 2.05) is 12.1 Å². The SMILES string of the molecule is COCC(CNC(=O)Cc1ccc(N)cc1)OC. The van der Waals surface area contributed by atoms with Gasteiger partial charge in [0.2, 0.25) is 5.91 Å². The Morgan fingerprint density at radius 1 is 1.33 bits per heavy atom. The molecular formula is C13H20N2O3. The quantitative estimate of drug-likeness (QED) is 0.697. The van der Waals surface area contributed by atoms with Gasteiger partial charge in [0.05, 0.1) is 19.1 Å². The van der Waals surface area contributed by atoms with Crippen molar-refractivity contribution in [3.05, 3.63) is 29.8 Å². The van der Waals surface area contributed by atoms with Gasteiger partial charge in [0.1, 0.15) is 0 Å². The number of ether oxygens (including phenoxy) is 2. The first kappa shape index (κ1) is 14.5. The van der Waals surface area contributed by atoms with Gasteiger partial charge in [0.25, 0.3) is 0 Å². The highest BCUT2D eigenvalue weighted by molar-refractivity contribution is 5.78. The minimum Gasteiger partial charge on any atom is -0.399 e. The molecule has 0 heterocycles. The van der Waals surface area contributed by atoms with Crippen LogP contribution < -0.4 is 11.1 Å². The maximum absolute atomic E-state index is 11.7. The monoisotopic (exact) mass is 252 g/mol. The zero-order chi connectivity index (χ0) is 13.4. The van der Waals surface area contributed by atoms with Gasteiger partial charge in [-0.1, -0.05) is 12.1 Å². The molecule has 0 fully saturated rings. The Bertz CT molecular complexity index is 365. The minimum atomic E-state index is -0.120. The largest absolute Gasteiger partial charge is 0.399 e. The highest BCUT2D eigenvalue weighted by atomic mass is 16.5. The van der Waals surface area contributed by atoms with Crippen LogP contribution in [0.1, 0.15) is 5.56 Å². The van der Waals surface area contributed by atoms with Crippen LogP contribution in [0.4, 0.5) is 5.69 Å². The summed E-state index contributed by atoms with van der Waals surface area (Å²) >= 11 is 0. The molecule has 0 saturated carbocycles. The molecule has 1 unspecified atom stereocenters. The number of nitrogens with one attached hydrogen (secondary N) is 1. The average Bonchev–Trinajstić information content (AvgIpc) is 2.37. The molecule has 0 aromatic heterocycles. The summed E-state index contributed by atoms with van der Waals surface area (Å²) in [6.45, 7) is 0.900. The number of carbonyl (C=O) groups is 1. The summed E-state index contributed by atoms with van der Waals surface area (Å²) in [5.74, 6) is -0.0436. The third-order valence-corrected chi connectivity index (χ3v) is 2.56. The van der Waals surface area contributed by atoms with Gasteiger partial charge in [-0.15, -0.1) is 0 Å². The lowest BCUT2D eigenvalue weighted by Crippen LogP contribution is -2.36. The molecule has 0 spiro atoms. The number of benzene rings is 1. The topological polar surface area (TPSA) is 73.6 Å². The van der Waals surface area contributed by atoms with Gasteiger partial charge in [0, 0.05) is 26.5 Å². The lowest BCUT2D eigenvalue weighted by Gasteiger charge is -2.15. The molecule has 5 heteroatoms. The lowest BCUT2D eigenvalue weighted by atomic mass is 10.1. The molecule has 1 amide bonds. The zero-order valence-corrected chi connectivity index (χ0v) is 10.8. The van der Waals surface area contributed by atoms with Crippen molar-refractivity contribution in [3.63, 3.8) is 0 Å². The molecule has 0 aliphatic carbocycles. The molecule has 5 nitrogen and oxygen atoms in total. The van der Waals surface area contributed by atoms with Crippen LogP contribution in [-0.2, 0) is 20.7 Å². The molecule has 0 bridgehead atoms. The van der Waals surface area contributed by atoms with Crippen LogP contribution in [0.5, 0.6) is 0 Å². The first-order valence-corrected chi connectivity index (χ1v) is 5.78. The van der Waals surface area contributed by atoms with E-state index in [4.69, 9.17) is 15.2 Å². The van der Waals surface area contributed by atoms with Crippen molar-refractivity contribution in [2.45, 2.75) is 12.5 Å². The first-order valence-electron chi connectivity index (χ1n) is 5.78. The fourth-order valence-corrected chi connectivity index (χ4v) is 1.51. The van der Waals surface area contributed by atoms with Crippen molar-refractivity contribution in [3.8, 4) is 0 Å². The Morgan fingerprint density at radius 3 is 2.56 bits per heavy atom. The molecule has 100 valence electrons. The Balaban J connectivity index is 2.35. The van der Waals surface area contributed by atoms with Crippen molar-refractivity contribution in [1.82, 2.24) is 5.32 Å². The average molecular weight is 252 g/mol. The van der Waals surface area contributed by atoms with Gasteiger partial charge in [-0.05, 0) is 17.7 Å². The number of nitrogen functional groups attached to an aromatic ring is 1. The molecule has 0 radical (unpaired) electrons. The van der Waals surface area contributed by atoms with Crippen LogP contribution in [0.15, 0.2) is 24.3 Å². The summed E-state index contributed by atoms with van der Waals surface area (Å²) in [4.78, 5) is 11.7. The number of hydrogen-bond donors (Lipinski definition) is 2. The summed E-state index contributed by atoms with van der Waals surface area (Å²) in [6, 6.07) is 7.26. The van der Waals surface area contributed by atoms with E-state index < -0.39 is 0 Å². The number of anilines is 1. The Morgan fingerprint density at radius 2 is 2.00 bits per heavy atom. The van der Waals surface area contributed by atoms with Crippen molar-refractivity contribution >= 4 is 11.6 Å². The van der Waals surface area contributed by atoms with Crippen LogP contribution >= 0.6 is 0 Å². The molecule has 18 heavy (non-hydrogen) atoms. The number of hydrogen-bond acceptors (Lipinski definition) is 4. The molecule has 1 atom stereocenters. The molecular weight excluding hydrogens is 232 g/mol. The summed E-state index contributed by atoms with van der Waals surface area (Å²) in [6.07, 6.45) is 0.217. The van der Waals surface area contributed by atoms with Crippen molar-refractivity contribution < 1.29 is 14.3 Å². The van der Waals surface area contributed by atoms with E-state index in [2.05, 4.69) is 5.32 Å². The summed E-state index contributed by atoms with van der Waals surface area (Å²) < 4.78 is 10.1. The van der Waals surface area contributed by atoms with E-state index in [1.54, 1.807) is 26.4 Å². The van der Waals surface area contributed by atoms with Crippen LogP contribution in [-0.4, -0.2) is 39.4 Å².